The molecule has 0 unspecified atom stereocenters. The van der Waals surface area contributed by atoms with Gasteiger partial charge in [0.05, 0.1) is 23.1 Å². The molecule has 1 aromatic carbocycles. The maximum atomic E-state index is 15.2. The number of ether oxygens (including phenoxy) is 1. The summed E-state index contributed by atoms with van der Waals surface area (Å²) in [6.07, 6.45) is 1.73. The third-order valence-corrected chi connectivity index (χ3v) is 7.70. The average molecular weight is 512 g/mol. The van der Waals surface area contributed by atoms with E-state index < -0.39 is 8.07 Å². The Kier molecular flexibility index (Phi) is 7.66. The van der Waals surface area contributed by atoms with Gasteiger partial charge in [-0.15, -0.1) is 0 Å². The molecule has 4 rings (SSSR count). The average Bonchev–Trinajstić information content (AvgIpc) is 3.14. The van der Waals surface area contributed by atoms with Crippen LogP contribution in [0.2, 0.25) is 30.8 Å². The zero-order valence-electron chi connectivity index (χ0n) is 20.8. The Hall–Kier alpha value is -2.65. The number of benzene rings is 1. The van der Waals surface area contributed by atoms with E-state index >= 15 is 4.39 Å². The largest absolute Gasteiger partial charge is 0.360 e. The minimum Gasteiger partial charge on any atom is -0.360 e. The molecule has 0 aliphatic carbocycles. The van der Waals surface area contributed by atoms with Gasteiger partial charge in [-0.1, -0.05) is 43.4 Å². The molecule has 1 N–H and O–H groups in total. The van der Waals surface area contributed by atoms with Gasteiger partial charge in [-0.3, -0.25) is 4.98 Å². The first kappa shape index (κ1) is 25.4. The van der Waals surface area contributed by atoms with E-state index in [0.717, 1.165) is 28.1 Å². The number of pyridine rings is 2. The molecule has 0 atom stereocenters. The van der Waals surface area contributed by atoms with E-state index in [1.807, 2.05) is 38.2 Å². The van der Waals surface area contributed by atoms with Gasteiger partial charge in [0.15, 0.2) is 0 Å². The SMILES string of the molecule is CNCc1cc(C)c(-c2cc3c(-c4cccc(Cl)n4)nn(COCC[Si](C)(C)C)c3cn2)c(F)c1. The Morgan fingerprint density at radius 3 is 2.63 bits per heavy atom. The zero-order valence-corrected chi connectivity index (χ0v) is 22.6. The second-order valence-corrected chi connectivity index (χ2v) is 15.9. The second kappa shape index (κ2) is 10.5. The number of nitrogens with zero attached hydrogens (tertiary/aromatic N) is 4. The molecular weight excluding hydrogens is 481 g/mol. The summed E-state index contributed by atoms with van der Waals surface area (Å²) >= 11 is 6.17. The zero-order chi connectivity index (χ0) is 25.2. The molecule has 184 valence electrons. The van der Waals surface area contributed by atoms with Gasteiger partial charge >= 0.3 is 0 Å². The van der Waals surface area contributed by atoms with Gasteiger partial charge in [0, 0.05) is 32.2 Å². The summed E-state index contributed by atoms with van der Waals surface area (Å²) in [5.74, 6) is -0.299. The van der Waals surface area contributed by atoms with Gasteiger partial charge in [-0.2, -0.15) is 5.10 Å². The van der Waals surface area contributed by atoms with Gasteiger partial charge in [-0.05, 0) is 55.4 Å². The fraction of sp³-hybridized carbons (Fsp3) is 0.346. The molecule has 0 amide bonds. The van der Waals surface area contributed by atoms with Crippen LogP contribution < -0.4 is 5.32 Å². The minimum absolute atomic E-state index is 0.299. The van der Waals surface area contributed by atoms with Crippen molar-refractivity contribution >= 4 is 30.6 Å². The van der Waals surface area contributed by atoms with Gasteiger partial charge in [0.25, 0.3) is 0 Å². The van der Waals surface area contributed by atoms with Crippen molar-refractivity contribution in [2.24, 2.45) is 0 Å². The molecule has 0 fully saturated rings. The second-order valence-electron chi connectivity index (χ2n) is 9.93. The van der Waals surface area contributed by atoms with Crippen LogP contribution in [-0.4, -0.2) is 41.5 Å². The van der Waals surface area contributed by atoms with E-state index in [1.165, 1.54) is 0 Å². The Bertz CT molecular complexity index is 1330. The fourth-order valence-corrected chi connectivity index (χ4v) is 4.93. The lowest BCUT2D eigenvalue weighted by molar-refractivity contribution is 0.0818. The van der Waals surface area contributed by atoms with E-state index in [4.69, 9.17) is 21.4 Å². The van der Waals surface area contributed by atoms with Crippen LogP contribution in [0.15, 0.2) is 42.6 Å². The number of hydrogen-bond donors (Lipinski definition) is 1. The smallest absolute Gasteiger partial charge is 0.140 e. The van der Waals surface area contributed by atoms with Crippen molar-refractivity contribution in [3.05, 3.63) is 64.7 Å². The number of rotatable bonds is 9. The normalized spacial score (nSPS) is 12.0. The highest BCUT2D eigenvalue weighted by molar-refractivity contribution is 6.76. The molecular formula is C26H31ClFN5OSi. The molecule has 0 saturated heterocycles. The fourth-order valence-electron chi connectivity index (χ4n) is 4.01. The molecule has 0 bridgehead atoms. The van der Waals surface area contributed by atoms with Crippen LogP contribution in [0.5, 0.6) is 0 Å². The summed E-state index contributed by atoms with van der Waals surface area (Å²) in [7, 11) is 0.643. The monoisotopic (exact) mass is 511 g/mol. The summed E-state index contributed by atoms with van der Waals surface area (Å²) in [6, 6.07) is 11.9. The number of nitrogens with one attached hydrogen (secondary N) is 1. The molecule has 3 aromatic heterocycles. The molecule has 4 aromatic rings. The summed E-state index contributed by atoms with van der Waals surface area (Å²) in [4.78, 5) is 9.07. The lowest BCUT2D eigenvalue weighted by Gasteiger charge is -2.15. The third kappa shape index (κ3) is 5.95. The predicted molar refractivity (Wildman–Crippen MR) is 143 cm³/mol. The Morgan fingerprint density at radius 2 is 1.94 bits per heavy atom. The van der Waals surface area contributed by atoms with Crippen LogP contribution in [0, 0.1) is 12.7 Å². The Morgan fingerprint density at radius 1 is 1.14 bits per heavy atom. The van der Waals surface area contributed by atoms with Crippen molar-refractivity contribution in [3.63, 3.8) is 0 Å². The van der Waals surface area contributed by atoms with Crippen molar-refractivity contribution in [3.8, 4) is 22.6 Å². The summed E-state index contributed by atoms with van der Waals surface area (Å²) in [5, 5.41) is 9.05. The maximum absolute atomic E-state index is 15.2. The number of aryl methyl sites for hydroxylation is 1. The van der Waals surface area contributed by atoms with E-state index in [-0.39, 0.29) is 5.82 Å². The quantitative estimate of drug-likeness (QED) is 0.162. The van der Waals surface area contributed by atoms with Crippen molar-refractivity contribution in [1.29, 1.82) is 0 Å². The predicted octanol–water partition coefficient (Wildman–Crippen LogP) is 6.29. The van der Waals surface area contributed by atoms with Gasteiger partial charge in [-0.25, -0.2) is 14.1 Å². The maximum Gasteiger partial charge on any atom is 0.140 e. The number of hydrogen-bond acceptors (Lipinski definition) is 5. The standard InChI is InChI=1S/C26H31ClFN5OSi/c1-17-11-18(14-29-2)12-20(28)25(17)22-13-19-23(15-30-22)33(16-34-9-10-35(3,4)5)32-26(19)21-7-6-8-24(27)31-21/h6-8,11-13,15,29H,9-10,14,16H2,1-5H3. The minimum atomic E-state index is -1.20. The van der Waals surface area contributed by atoms with Crippen molar-refractivity contribution in [2.75, 3.05) is 13.7 Å². The van der Waals surface area contributed by atoms with Gasteiger partial charge < -0.3 is 10.1 Å². The molecule has 35 heavy (non-hydrogen) atoms. The van der Waals surface area contributed by atoms with Crippen molar-refractivity contribution in [2.45, 2.75) is 45.9 Å². The highest BCUT2D eigenvalue weighted by atomic mass is 35.5. The van der Waals surface area contributed by atoms with E-state index in [2.05, 4.69) is 34.9 Å². The molecule has 0 aliphatic rings. The number of aromatic nitrogens is 4. The Balaban J connectivity index is 1.78. The van der Waals surface area contributed by atoms with E-state index in [9.17, 15) is 0 Å². The van der Waals surface area contributed by atoms with Crippen LogP contribution in [0.4, 0.5) is 4.39 Å². The molecule has 6 nitrogen and oxygen atoms in total. The highest BCUT2D eigenvalue weighted by Crippen LogP contribution is 2.33. The van der Waals surface area contributed by atoms with Crippen LogP contribution in [0.1, 0.15) is 11.1 Å². The van der Waals surface area contributed by atoms with Gasteiger partial charge in [0.2, 0.25) is 0 Å². The molecule has 3 heterocycles. The van der Waals surface area contributed by atoms with E-state index in [0.29, 0.717) is 47.7 Å². The highest BCUT2D eigenvalue weighted by Gasteiger charge is 2.19. The first-order valence-electron chi connectivity index (χ1n) is 11.7. The van der Waals surface area contributed by atoms with Crippen molar-refractivity contribution in [1.82, 2.24) is 25.1 Å². The molecule has 9 heteroatoms. The lowest BCUT2D eigenvalue weighted by Crippen LogP contribution is -2.22. The lowest BCUT2D eigenvalue weighted by atomic mass is 10.00. The van der Waals surface area contributed by atoms with Crippen LogP contribution in [0.25, 0.3) is 33.5 Å². The van der Waals surface area contributed by atoms with Crippen LogP contribution in [-0.2, 0) is 18.0 Å². The van der Waals surface area contributed by atoms with Crippen LogP contribution in [0.3, 0.4) is 0 Å². The van der Waals surface area contributed by atoms with Gasteiger partial charge in [0.1, 0.15) is 23.4 Å². The topological polar surface area (TPSA) is 64.9 Å². The third-order valence-electron chi connectivity index (χ3n) is 5.79. The summed E-state index contributed by atoms with van der Waals surface area (Å²) in [6.45, 7) is 10.4. The Labute approximate surface area is 211 Å². The molecule has 0 saturated carbocycles. The van der Waals surface area contributed by atoms with E-state index in [1.54, 1.807) is 23.0 Å². The van der Waals surface area contributed by atoms with Crippen molar-refractivity contribution < 1.29 is 9.13 Å². The molecule has 0 radical (unpaired) electrons. The molecule has 0 spiro atoms. The summed E-state index contributed by atoms with van der Waals surface area (Å²) < 4.78 is 22.9. The first-order valence-corrected chi connectivity index (χ1v) is 15.8. The number of halogens is 2. The first-order chi connectivity index (χ1) is 16.7. The summed E-state index contributed by atoms with van der Waals surface area (Å²) in [5.41, 5.74) is 4.84. The number of fused-ring (bicyclic) bond motifs is 1. The van der Waals surface area contributed by atoms with Crippen LogP contribution >= 0.6 is 11.6 Å². The molecule has 0 aliphatic heterocycles.